The Hall–Kier alpha value is -1.81. The summed E-state index contributed by atoms with van der Waals surface area (Å²) in [6.07, 6.45) is 1.45. The van der Waals surface area contributed by atoms with Crippen LogP contribution in [-0.2, 0) is 26.2 Å². The van der Waals surface area contributed by atoms with Crippen molar-refractivity contribution >= 4 is 41.2 Å². The van der Waals surface area contributed by atoms with Crippen molar-refractivity contribution in [2.75, 3.05) is 11.5 Å². The third-order valence-electron chi connectivity index (χ3n) is 3.52. The Morgan fingerprint density at radius 1 is 1.44 bits per heavy atom. The second-order valence-electron chi connectivity index (χ2n) is 6.61. The molecule has 0 saturated carbocycles. The molecule has 2 aliphatic heterocycles. The number of aryl methyl sites for hydroxylation is 1. The Morgan fingerprint density at radius 2 is 2.16 bits per heavy atom. The van der Waals surface area contributed by atoms with Gasteiger partial charge in [-0.15, -0.1) is 11.8 Å². The SMILES string of the molecule is Cn1ncnc1SCC1=C(C(=O)OC(C)(C)C)N2C(=O)C(=O)[C@H]2SC1. The number of hydrogen-bond acceptors (Lipinski definition) is 8. The van der Waals surface area contributed by atoms with Crippen molar-refractivity contribution < 1.29 is 19.1 Å². The lowest BCUT2D eigenvalue weighted by molar-refractivity contribution is -0.161. The van der Waals surface area contributed by atoms with E-state index in [2.05, 4.69) is 10.1 Å². The van der Waals surface area contributed by atoms with Crippen LogP contribution in [0.1, 0.15) is 20.8 Å². The fraction of sp³-hybridized carbons (Fsp3) is 0.533. The molecule has 1 fully saturated rings. The van der Waals surface area contributed by atoms with E-state index in [-0.39, 0.29) is 5.70 Å². The molecule has 1 aromatic rings. The smallest absolute Gasteiger partial charge is 0.355 e. The topological polar surface area (TPSA) is 94.4 Å². The molecule has 25 heavy (non-hydrogen) atoms. The standard InChI is InChI=1S/C15H18N4O4S2/c1-15(2,3)23-13(22)9-8(6-25-14-16-7-17-18(14)4)5-24-12-10(20)11(21)19(9)12/h7,12H,5-6H2,1-4H3/t12-/m1/s1. The van der Waals surface area contributed by atoms with Crippen LogP contribution < -0.4 is 0 Å². The fourth-order valence-corrected chi connectivity index (χ4v) is 4.64. The van der Waals surface area contributed by atoms with Gasteiger partial charge in [-0.25, -0.2) is 14.5 Å². The molecule has 1 atom stereocenters. The zero-order valence-corrected chi connectivity index (χ0v) is 15.9. The summed E-state index contributed by atoms with van der Waals surface area (Å²) in [6, 6.07) is 0. The van der Waals surface area contributed by atoms with E-state index in [1.54, 1.807) is 32.5 Å². The van der Waals surface area contributed by atoms with Crippen LogP contribution in [0.15, 0.2) is 22.8 Å². The maximum absolute atomic E-state index is 12.7. The van der Waals surface area contributed by atoms with Gasteiger partial charge in [-0.05, 0) is 26.3 Å². The van der Waals surface area contributed by atoms with Crippen LogP contribution in [0, 0.1) is 0 Å². The molecule has 3 heterocycles. The number of β-lactam (4-membered cyclic amide) rings is 1. The monoisotopic (exact) mass is 382 g/mol. The fourth-order valence-electron chi connectivity index (χ4n) is 2.42. The van der Waals surface area contributed by atoms with Crippen molar-refractivity contribution in [3.63, 3.8) is 0 Å². The van der Waals surface area contributed by atoms with Crippen molar-refractivity contribution in [1.82, 2.24) is 19.7 Å². The summed E-state index contributed by atoms with van der Waals surface area (Å²) in [5.41, 5.74) is 0.256. The molecule has 3 rings (SSSR count). The van der Waals surface area contributed by atoms with Crippen LogP contribution >= 0.6 is 23.5 Å². The lowest BCUT2D eigenvalue weighted by atomic mass is 10.1. The zero-order valence-electron chi connectivity index (χ0n) is 14.3. The van der Waals surface area contributed by atoms with Crippen molar-refractivity contribution in [1.29, 1.82) is 0 Å². The van der Waals surface area contributed by atoms with E-state index >= 15 is 0 Å². The highest BCUT2D eigenvalue weighted by molar-refractivity contribution is 8.01. The number of aromatic nitrogens is 3. The number of esters is 1. The largest absolute Gasteiger partial charge is 0.455 e. The third kappa shape index (κ3) is 3.45. The summed E-state index contributed by atoms with van der Waals surface area (Å²) in [6.45, 7) is 5.28. The second-order valence-corrected chi connectivity index (χ2v) is 8.62. The minimum Gasteiger partial charge on any atom is -0.455 e. The van der Waals surface area contributed by atoms with Gasteiger partial charge >= 0.3 is 5.97 Å². The van der Waals surface area contributed by atoms with Crippen LogP contribution in [0.4, 0.5) is 0 Å². The highest BCUT2D eigenvalue weighted by atomic mass is 32.2. The predicted molar refractivity (Wildman–Crippen MR) is 92.7 cm³/mol. The first-order valence-corrected chi connectivity index (χ1v) is 9.63. The number of carbonyl (C=O) groups excluding carboxylic acids is 3. The van der Waals surface area contributed by atoms with E-state index < -0.39 is 28.6 Å². The van der Waals surface area contributed by atoms with E-state index in [1.807, 2.05) is 0 Å². The van der Waals surface area contributed by atoms with Crippen molar-refractivity contribution in [3.8, 4) is 0 Å². The number of ketones is 1. The molecule has 1 aromatic heterocycles. The minimum atomic E-state index is -0.691. The molecule has 0 spiro atoms. The van der Waals surface area contributed by atoms with Gasteiger partial charge in [0.1, 0.15) is 17.6 Å². The first-order chi connectivity index (χ1) is 11.7. The summed E-state index contributed by atoms with van der Waals surface area (Å²) < 4.78 is 7.09. The number of amides is 1. The van der Waals surface area contributed by atoms with E-state index in [1.165, 1.54) is 34.8 Å². The average Bonchev–Trinajstić information content (AvgIpc) is 2.94. The minimum absolute atomic E-state index is 0.193. The van der Waals surface area contributed by atoms with Crippen LogP contribution in [0.5, 0.6) is 0 Å². The van der Waals surface area contributed by atoms with Gasteiger partial charge in [0.25, 0.3) is 11.7 Å². The van der Waals surface area contributed by atoms with Gasteiger partial charge in [-0.2, -0.15) is 5.10 Å². The molecule has 0 N–H and O–H groups in total. The van der Waals surface area contributed by atoms with Crippen LogP contribution in [0.2, 0.25) is 0 Å². The second kappa shape index (κ2) is 6.49. The molecule has 0 aromatic carbocycles. The van der Waals surface area contributed by atoms with Gasteiger partial charge in [0.15, 0.2) is 10.5 Å². The maximum atomic E-state index is 12.7. The molecular formula is C15H18N4O4S2. The van der Waals surface area contributed by atoms with E-state index in [0.717, 1.165) is 5.57 Å². The molecule has 0 radical (unpaired) electrons. The lowest BCUT2D eigenvalue weighted by Gasteiger charge is -2.43. The Kier molecular flexibility index (Phi) is 4.67. The van der Waals surface area contributed by atoms with Crippen LogP contribution in [0.25, 0.3) is 0 Å². The summed E-state index contributed by atoms with van der Waals surface area (Å²) in [5, 5.41) is 4.10. The number of hydrogen-bond donors (Lipinski definition) is 0. The molecule has 2 aliphatic rings. The summed E-state index contributed by atoms with van der Waals surface area (Å²) in [7, 11) is 1.78. The number of rotatable bonds is 4. The molecule has 134 valence electrons. The van der Waals surface area contributed by atoms with Crippen molar-refractivity contribution in [2.45, 2.75) is 36.9 Å². The number of ether oxygens (including phenoxy) is 1. The molecular weight excluding hydrogens is 364 g/mol. The Labute approximate surface area is 153 Å². The van der Waals surface area contributed by atoms with Gasteiger partial charge < -0.3 is 4.74 Å². The predicted octanol–water partition coefficient (Wildman–Crippen LogP) is 0.987. The normalized spacial score (nSPS) is 20.5. The summed E-state index contributed by atoms with van der Waals surface area (Å²) in [5.74, 6) is -0.754. The lowest BCUT2D eigenvalue weighted by Crippen LogP contribution is -2.62. The number of Topliss-reactive ketones (excluding diaryl/α,β-unsaturated/α-hetero) is 1. The van der Waals surface area contributed by atoms with Crippen LogP contribution in [0.3, 0.4) is 0 Å². The van der Waals surface area contributed by atoms with Gasteiger partial charge in [-0.3, -0.25) is 14.5 Å². The average molecular weight is 382 g/mol. The zero-order chi connectivity index (χ0) is 18.4. The number of nitrogens with zero attached hydrogens (tertiary/aromatic N) is 4. The molecule has 0 unspecified atom stereocenters. The van der Waals surface area contributed by atoms with Crippen molar-refractivity contribution in [2.24, 2.45) is 7.05 Å². The Balaban J connectivity index is 1.88. The molecule has 10 heteroatoms. The molecule has 1 saturated heterocycles. The van der Waals surface area contributed by atoms with E-state index in [4.69, 9.17) is 4.74 Å². The third-order valence-corrected chi connectivity index (χ3v) is 5.89. The van der Waals surface area contributed by atoms with Crippen molar-refractivity contribution in [3.05, 3.63) is 17.6 Å². The first kappa shape index (κ1) is 18.0. The van der Waals surface area contributed by atoms with E-state index in [0.29, 0.717) is 16.7 Å². The maximum Gasteiger partial charge on any atom is 0.355 e. The van der Waals surface area contributed by atoms with Gasteiger partial charge in [0, 0.05) is 18.6 Å². The van der Waals surface area contributed by atoms with Gasteiger partial charge in [0.2, 0.25) is 0 Å². The van der Waals surface area contributed by atoms with Gasteiger partial charge in [-0.1, -0.05) is 11.8 Å². The molecule has 1 amide bonds. The number of carbonyl (C=O) groups is 3. The number of thioether (sulfide) groups is 2. The number of fused-ring (bicyclic) bond motifs is 1. The van der Waals surface area contributed by atoms with E-state index in [9.17, 15) is 14.4 Å². The molecule has 0 aliphatic carbocycles. The quantitative estimate of drug-likeness (QED) is 0.329. The Morgan fingerprint density at radius 3 is 2.76 bits per heavy atom. The van der Waals surface area contributed by atoms with Crippen LogP contribution in [-0.4, -0.2) is 59.8 Å². The molecule has 8 nitrogen and oxygen atoms in total. The highest BCUT2D eigenvalue weighted by Gasteiger charge is 2.53. The Bertz CT molecular complexity index is 781. The summed E-state index contributed by atoms with van der Waals surface area (Å²) in [4.78, 5) is 41.8. The van der Waals surface area contributed by atoms with Gasteiger partial charge in [0.05, 0.1) is 0 Å². The highest BCUT2D eigenvalue weighted by Crippen LogP contribution is 2.40. The first-order valence-electron chi connectivity index (χ1n) is 7.60. The summed E-state index contributed by atoms with van der Waals surface area (Å²) >= 11 is 2.76. The molecule has 0 bridgehead atoms.